The predicted octanol–water partition coefficient (Wildman–Crippen LogP) is 2.37. The topological polar surface area (TPSA) is 96.8 Å². The van der Waals surface area contributed by atoms with Gasteiger partial charge in [-0.05, 0) is 18.6 Å². The zero-order valence-electron chi connectivity index (χ0n) is 11.8. The van der Waals surface area contributed by atoms with Crippen LogP contribution in [0.25, 0.3) is 0 Å². The first-order valence-electron chi connectivity index (χ1n) is 6.49. The normalized spacial score (nSPS) is 10.1. The quantitative estimate of drug-likeness (QED) is 0.672. The van der Waals surface area contributed by atoms with Crippen LogP contribution in [-0.4, -0.2) is 14.7 Å². The summed E-state index contributed by atoms with van der Waals surface area (Å²) in [6, 6.07) is 6.27. The fourth-order valence-electron chi connectivity index (χ4n) is 2.12. The van der Waals surface area contributed by atoms with E-state index in [1.807, 2.05) is 26.2 Å². The first-order valence-corrected chi connectivity index (χ1v) is 6.49. The van der Waals surface area contributed by atoms with Gasteiger partial charge >= 0.3 is 0 Å². The Morgan fingerprint density at radius 3 is 2.90 bits per heavy atom. The second kappa shape index (κ2) is 6.05. The zero-order valence-corrected chi connectivity index (χ0v) is 11.8. The van der Waals surface area contributed by atoms with Crippen LogP contribution in [0.1, 0.15) is 23.7 Å². The van der Waals surface area contributed by atoms with Gasteiger partial charge in [0.2, 0.25) is 0 Å². The molecule has 0 aliphatic rings. The van der Waals surface area contributed by atoms with Crippen molar-refractivity contribution in [1.29, 1.82) is 5.26 Å². The van der Waals surface area contributed by atoms with Gasteiger partial charge < -0.3 is 5.32 Å². The third kappa shape index (κ3) is 3.17. The van der Waals surface area contributed by atoms with E-state index < -0.39 is 4.92 Å². The number of benzene rings is 1. The van der Waals surface area contributed by atoms with Gasteiger partial charge in [-0.25, -0.2) is 0 Å². The van der Waals surface area contributed by atoms with E-state index in [4.69, 9.17) is 5.26 Å². The fraction of sp³-hybridized carbons (Fsp3) is 0.286. The van der Waals surface area contributed by atoms with Crippen LogP contribution in [0.3, 0.4) is 0 Å². The standard InChI is InChI=1S/C14H15N5O2/c1-3-13-11(9-18(2)17-13)8-16-12-4-5-14(19(20)21)10(6-12)7-15/h4-6,9,16H,3,8H2,1-2H3. The summed E-state index contributed by atoms with van der Waals surface area (Å²) in [5.74, 6) is 0. The monoisotopic (exact) mass is 285 g/mol. The lowest BCUT2D eigenvalue weighted by Gasteiger charge is -2.06. The molecule has 1 N–H and O–H groups in total. The maximum Gasteiger partial charge on any atom is 0.287 e. The molecule has 0 fully saturated rings. The summed E-state index contributed by atoms with van der Waals surface area (Å²) in [6.45, 7) is 2.59. The predicted molar refractivity (Wildman–Crippen MR) is 77.7 cm³/mol. The van der Waals surface area contributed by atoms with Crippen LogP contribution in [0.4, 0.5) is 11.4 Å². The summed E-state index contributed by atoms with van der Waals surface area (Å²) in [5.41, 5.74) is 2.61. The van der Waals surface area contributed by atoms with Gasteiger partial charge in [-0.1, -0.05) is 6.92 Å². The molecule has 0 unspecified atom stereocenters. The van der Waals surface area contributed by atoms with Crippen molar-refractivity contribution >= 4 is 11.4 Å². The highest BCUT2D eigenvalue weighted by Crippen LogP contribution is 2.22. The molecule has 21 heavy (non-hydrogen) atoms. The molecule has 2 aromatic rings. The first-order chi connectivity index (χ1) is 10.0. The van der Waals surface area contributed by atoms with Gasteiger partial charge in [0.15, 0.2) is 0 Å². The highest BCUT2D eigenvalue weighted by Gasteiger charge is 2.14. The van der Waals surface area contributed by atoms with E-state index in [9.17, 15) is 10.1 Å². The van der Waals surface area contributed by atoms with Crippen molar-refractivity contribution in [3.63, 3.8) is 0 Å². The Balaban J connectivity index is 2.17. The number of nitrogens with zero attached hydrogens (tertiary/aromatic N) is 4. The number of hydrogen-bond donors (Lipinski definition) is 1. The van der Waals surface area contributed by atoms with Gasteiger partial charge in [0.1, 0.15) is 11.6 Å². The van der Waals surface area contributed by atoms with Gasteiger partial charge in [0.25, 0.3) is 5.69 Å². The molecule has 0 saturated carbocycles. The molecule has 0 spiro atoms. The van der Waals surface area contributed by atoms with Crippen LogP contribution in [0, 0.1) is 21.4 Å². The molecule has 108 valence electrons. The number of nitro groups is 1. The molecule has 7 heteroatoms. The number of aryl methyl sites for hydroxylation is 2. The average molecular weight is 285 g/mol. The summed E-state index contributed by atoms with van der Waals surface area (Å²) in [6.07, 6.45) is 2.77. The van der Waals surface area contributed by atoms with Crippen molar-refractivity contribution in [2.45, 2.75) is 19.9 Å². The smallest absolute Gasteiger partial charge is 0.287 e. The van der Waals surface area contributed by atoms with Gasteiger partial charge in [-0.2, -0.15) is 10.4 Å². The molecule has 1 heterocycles. The molecule has 0 amide bonds. The Bertz CT molecular complexity index is 715. The molecular formula is C14H15N5O2. The van der Waals surface area contributed by atoms with Crippen LogP contribution >= 0.6 is 0 Å². The van der Waals surface area contributed by atoms with Crippen molar-refractivity contribution in [3.05, 3.63) is 51.3 Å². The zero-order chi connectivity index (χ0) is 15.4. The maximum absolute atomic E-state index is 10.8. The van der Waals surface area contributed by atoms with E-state index in [2.05, 4.69) is 10.4 Å². The maximum atomic E-state index is 10.8. The van der Waals surface area contributed by atoms with E-state index in [1.165, 1.54) is 12.1 Å². The van der Waals surface area contributed by atoms with E-state index >= 15 is 0 Å². The third-order valence-electron chi connectivity index (χ3n) is 3.12. The molecular weight excluding hydrogens is 270 g/mol. The molecule has 0 saturated heterocycles. The summed E-state index contributed by atoms with van der Waals surface area (Å²) >= 11 is 0. The van der Waals surface area contributed by atoms with E-state index in [-0.39, 0.29) is 11.3 Å². The minimum atomic E-state index is -0.557. The molecule has 7 nitrogen and oxygen atoms in total. The largest absolute Gasteiger partial charge is 0.381 e. The molecule has 1 aromatic heterocycles. The molecule has 0 aliphatic carbocycles. The molecule has 0 radical (unpaired) electrons. The molecule has 0 aliphatic heterocycles. The molecule has 2 rings (SSSR count). The van der Waals surface area contributed by atoms with Crippen LogP contribution in [0.15, 0.2) is 24.4 Å². The lowest BCUT2D eigenvalue weighted by atomic mass is 10.1. The summed E-state index contributed by atoms with van der Waals surface area (Å²) in [5, 5.41) is 27.3. The Kier molecular flexibility index (Phi) is 4.18. The Morgan fingerprint density at radius 1 is 1.52 bits per heavy atom. The van der Waals surface area contributed by atoms with Crippen molar-refractivity contribution in [1.82, 2.24) is 9.78 Å². The summed E-state index contributed by atoms with van der Waals surface area (Å²) in [4.78, 5) is 10.2. The van der Waals surface area contributed by atoms with Gasteiger partial charge in [0, 0.05) is 37.1 Å². The van der Waals surface area contributed by atoms with Gasteiger partial charge in [0.05, 0.1) is 10.6 Å². The third-order valence-corrected chi connectivity index (χ3v) is 3.12. The number of nitriles is 1. The summed E-state index contributed by atoms with van der Waals surface area (Å²) < 4.78 is 1.76. The number of nitro benzene ring substituents is 1. The summed E-state index contributed by atoms with van der Waals surface area (Å²) in [7, 11) is 1.86. The lowest BCUT2D eigenvalue weighted by molar-refractivity contribution is -0.385. The number of nitrogens with one attached hydrogen (secondary N) is 1. The number of aromatic nitrogens is 2. The van der Waals surface area contributed by atoms with Crippen molar-refractivity contribution < 1.29 is 4.92 Å². The SMILES string of the molecule is CCc1nn(C)cc1CNc1ccc([N+](=O)[O-])c(C#N)c1. The average Bonchev–Trinajstić information content (AvgIpc) is 2.84. The highest BCUT2D eigenvalue weighted by atomic mass is 16.6. The second-order valence-electron chi connectivity index (χ2n) is 4.58. The second-order valence-corrected chi connectivity index (χ2v) is 4.58. The number of anilines is 1. The first kappa shape index (κ1) is 14.5. The van der Waals surface area contributed by atoms with Crippen LogP contribution in [-0.2, 0) is 20.0 Å². The Morgan fingerprint density at radius 2 is 2.29 bits per heavy atom. The minimum absolute atomic E-state index is 0.0481. The lowest BCUT2D eigenvalue weighted by Crippen LogP contribution is -2.02. The molecule has 0 atom stereocenters. The van der Waals surface area contributed by atoms with E-state index in [1.54, 1.807) is 10.7 Å². The van der Waals surface area contributed by atoms with Crippen molar-refractivity contribution in [2.75, 3.05) is 5.32 Å². The Hall–Kier alpha value is -2.88. The Labute approximate surface area is 122 Å². The van der Waals surface area contributed by atoms with E-state index in [0.717, 1.165) is 17.7 Å². The van der Waals surface area contributed by atoms with E-state index in [0.29, 0.717) is 12.2 Å². The molecule has 1 aromatic carbocycles. The van der Waals surface area contributed by atoms with Crippen molar-refractivity contribution in [2.24, 2.45) is 7.05 Å². The van der Waals surface area contributed by atoms with Crippen molar-refractivity contribution in [3.8, 4) is 6.07 Å². The fourth-order valence-corrected chi connectivity index (χ4v) is 2.12. The minimum Gasteiger partial charge on any atom is -0.381 e. The van der Waals surface area contributed by atoms with Crippen LogP contribution < -0.4 is 5.32 Å². The number of hydrogen-bond acceptors (Lipinski definition) is 5. The van der Waals surface area contributed by atoms with Crippen LogP contribution in [0.5, 0.6) is 0 Å². The highest BCUT2D eigenvalue weighted by molar-refractivity contribution is 5.58. The number of rotatable bonds is 5. The molecule has 0 bridgehead atoms. The van der Waals surface area contributed by atoms with Crippen LogP contribution in [0.2, 0.25) is 0 Å². The van der Waals surface area contributed by atoms with Gasteiger partial charge in [-0.15, -0.1) is 0 Å². The van der Waals surface area contributed by atoms with Gasteiger partial charge in [-0.3, -0.25) is 14.8 Å².